The number of ketones is 1. The number of amides is 1. The lowest BCUT2D eigenvalue weighted by Crippen LogP contribution is -2.31. The SMILES string of the molecule is C=CCOc1ccc(C(O)=C2C(=O)C(=O)N(CCCOC)C2c2ccccc2F)cc1. The second kappa shape index (κ2) is 10.0. The molecule has 0 spiro atoms. The number of likely N-dealkylation sites (tertiary alicyclic amines) is 1. The van der Waals surface area contributed by atoms with E-state index in [1.807, 2.05) is 0 Å². The average molecular weight is 425 g/mol. The molecule has 0 radical (unpaired) electrons. The second-order valence-electron chi connectivity index (χ2n) is 6.98. The molecular formula is C24H24FNO5. The number of nitrogens with zero attached hydrogens (tertiary/aromatic N) is 1. The van der Waals surface area contributed by atoms with Gasteiger partial charge in [-0.2, -0.15) is 0 Å². The molecule has 3 rings (SSSR count). The molecule has 1 atom stereocenters. The lowest BCUT2D eigenvalue weighted by atomic mass is 9.95. The Labute approximate surface area is 180 Å². The third-order valence-electron chi connectivity index (χ3n) is 4.98. The van der Waals surface area contributed by atoms with E-state index < -0.39 is 23.5 Å². The fourth-order valence-corrected chi connectivity index (χ4v) is 3.53. The summed E-state index contributed by atoms with van der Waals surface area (Å²) in [6, 6.07) is 11.3. The molecule has 0 aromatic heterocycles. The smallest absolute Gasteiger partial charge is 0.295 e. The van der Waals surface area contributed by atoms with Crippen LogP contribution in [0, 0.1) is 5.82 Å². The van der Waals surface area contributed by atoms with Gasteiger partial charge in [0.15, 0.2) is 0 Å². The molecule has 1 amide bonds. The number of methoxy groups -OCH3 is 1. The van der Waals surface area contributed by atoms with Crippen LogP contribution in [0.1, 0.15) is 23.6 Å². The second-order valence-corrected chi connectivity index (χ2v) is 6.98. The third kappa shape index (κ3) is 4.67. The Hall–Kier alpha value is -3.45. The Morgan fingerprint density at radius 3 is 2.55 bits per heavy atom. The van der Waals surface area contributed by atoms with E-state index in [9.17, 15) is 19.1 Å². The molecular weight excluding hydrogens is 401 g/mol. The highest BCUT2D eigenvalue weighted by Gasteiger charge is 2.46. The van der Waals surface area contributed by atoms with Gasteiger partial charge in [0.1, 0.15) is 23.9 Å². The van der Waals surface area contributed by atoms with Gasteiger partial charge in [0.25, 0.3) is 11.7 Å². The number of carbonyl (C=O) groups excluding carboxylic acids is 2. The number of ether oxygens (including phenoxy) is 2. The number of benzene rings is 2. The Bertz CT molecular complexity index is 999. The monoisotopic (exact) mass is 425 g/mol. The molecule has 2 aromatic carbocycles. The minimum Gasteiger partial charge on any atom is -0.507 e. The topological polar surface area (TPSA) is 76.1 Å². The van der Waals surface area contributed by atoms with E-state index in [0.29, 0.717) is 30.9 Å². The molecule has 1 aliphatic heterocycles. The highest BCUT2D eigenvalue weighted by Crippen LogP contribution is 2.40. The first-order valence-corrected chi connectivity index (χ1v) is 9.85. The van der Waals surface area contributed by atoms with E-state index in [1.54, 1.807) is 36.4 Å². The molecule has 1 fully saturated rings. The fraction of sp³-hybridized carbons (Fsp3) is 0.250. The van der Waals surface area contributed by atoms with Crippen LogP contribution in [0.3, 0.4) is 0 Å². The van der Waals surface area contributed by atoms with E-state index in [1.165, 1.54) is 30.2 Å². The largest absolute Gasteiger partial charge is 0.507 e. The standard InChI is InChI=1S/C24H24FNO5/c1-3-14-31-17-11-9-16(10-12-17)22(27)20-21(18-7-4-5-8-19(18)25)26(13-6-15-30-2)24(29)23(20)28/h3-5,7-12,21,27H,1,6,13-15H2,2H3. The van der Waals surface area contributed by atoms with E-state index in [4.69, 9.17) is 9.47 Å². The summed E-state index contributed by atoms with van der Waals surface area (Å²) in [6.45, 7) is 4.46. The highest BCUT2D eigenvalue weighted by atomic mass is 19.1. The molecule has 162 valence electrons. The molecule has 0 bridgehead atoms. The van der Waals surface area contributed by atoms with Gasteiger partial charge in [-0.15, -0.1) is 0 Å². The first kappa shape index (κ1) is 22.2. The predicted molar refractivity (Wildman–Crippen MR) is 114 cm³/mol. The van der Waals surface area contributed by atoms with Crippen molar-refractivity contribution >= 4 is 17.4 Å². The predicted octanol–water partition coefficient (Wildman–Crippen LogP) is 3.85. The molecule has 6 nitrogen and oxygen atoms in total. The fourth-order valence-electron chi connectivity index (χ4n) is 3.53. The van der Waals surface area contributed by atoms with Gasteiger partial charge < -0.3 is 19.5 Å². The minimum absolute atomic E-state index is 0.145. The number of carbonyl (C=O) groups is 2. The van der Waals surface area contributed by atoms with Gasteiger partial charge in [-0.05, 0) is 36.8 Å². The van der Waals surface area contributed by atoms with Crippen LogP contribution in [-0.4, -0.2) is 48.6 Å². The number of hydrogen-bond acceptors (Lipinski definition) is 5. The zero-order chi connectivity index (χ0) is 22.4. The summed E-state index contributed by atoms with van der Waals surface area (Å²) in [4.78, 5) is 26.9. The van der Waals surface area contributed by atoms with Gasteiger partial charge in [-0.3, -0.25) is 9.59 Å². The molecule has 7 heteroatoms. The molecule has 1 aliphatic rings. The summed E-state index contributed by atoms with van der Waals surface area (Å²) in [6.07, 6.45) is 2.07. The Morgan fingerprint density at radius 1 is 1.19 bits per heavy atom. The van der Waals surface area contributed by atoms with Crippen LogP contribution in [0.5, 0.6) is 5.75 Å². The quantitative estimate of drug-likeness (QED) is 0.217. The van der Waals surface area contributed by atoms with Crippen molar-refractivity contribution < 1.29 is 28.6 Å². The van der Waals surface area contributed by atoms with Crippen LogP contribution in [0.25, 0.3) is 5.76 Å². The third-order valence-corrected chi connectivity index (χ3v) is 4.98. The number of Topliss-reactive ketones (excluding diaryl/α,β-unsaturated/α-hetero) is 1. The van der Waals surface area contributed by atoms with Crippen molar-refractivity contribution in [2.24, 2.45) is 0 Å². The van der Waals surface area contributed by atoms with Gasteiger partial charge in [-0.1, -0.05) is 30.9 Å². The number of aliphatic hydroxyl groups excluding tert-OH is 1. The van der Waals surface area contributed by atoms with Crippen molar-refractivity contribution in [2.75, 3.05) is 26.9 Å². The molecule has 2 aromatic rings. The first-order valence-electron chi connectivity index (χ1n) is 9.85. The maximum Gasteiger partial charge on any atom is 0.295 e. The summed E-state index contributed by atoms with van der Waals surface area (Å²) in [5.74, 6) is -2.00. The number of aliphatic hydroxyl groups is 1. The summed E-state index contributed by atoms with van der Waals surface area (Å²) >= 11 is 0. The van der Waals surface area contributed by atoms with Gasteiger partial charge in [0.05, 0.1) is 11.6 Å². The summed E-state index contributed by atoms with van der Waals surface area (Å²) < 4.78 is 25.1. The molecule has 0 saturated carbocycles. The van der Waals surface area contributed by atoms with Crippen molar-refractivity contribution in [3.05, 3.63) is 83.7 Å². The van der Waals surface area contributed by atoms with Crippen LogP contribution in [0.4, 0.5) is 4.39 Å². The molecule has 1 unspecified atom stereocenters. The van der Waals surface area contributed by atoms with Crippen molar-refractivity contribution in [1.82, 2.24) is 4.90 Å². The number of halogens is 1. The molecule has 0 aliphatic carbocycles. The van der Waals surface area contributed by atoms with Crippen LogP contribution in [0.15, 0.2) is 66.8 Å². The summed E-state index contributed by atoms with van der Waals surface area (Å²) in [5.41, 5.74) is 0.320. The van der Waals surface area contributed by atoms with Crippen LogP contribution >= 0.6 is 0 Å². The average Bonchev–Trinajstić information content (AvgIpc) is 3.03. The maximum absolute atomic E-state index is 14.7. The van der Waals surface area contributed by atoms with Crippen LogP contribution in [0.2, 0.25) is 0 Å². The molecule has 1 saturated heterocycles. The maximum atomic E-state index is 14.7. The number of hydrogen-bond donors (Lipinski definition) is 1. The Kier molecular flexibility index (Phi) is 7.20. The van der Waals surface area contributed by atoms with E-state index in [2.05, 4.69) is 6.58 Å². The Morgan fingerprint density at radius 2 is 1.90 bits per heavy atom. The van der Waals surface area contributed by atoms with Gasteiger partial charge in [0.2, 0.25) is 0 Å². The lowest BCUT2D eigenvalue weighted by molar-refractivity contribution is -0.140. The normalized spacial score (nSPS) is 17.7. The summed E-state index contributed by atoms with van der Waals surface area (Å²) in [5, 5.41) is 11.0. The number of rotatable bonds is 9. The Balaban J connectivity index is 2.06. The van der Waals surface area contributed by atoms with Gasteiger partial charge >= 0.3 is 0 Å². The van der Waals surface area contributed by atoms with Gasteiger partial charge in [-0.25, -0.2) is 4.39 Å². The van der Waals surface area contributed by atoms with E-state index >= 15 is 0 Å². The minimum atomic E-state index is -1.03. The first-order chi connectivity index (χ1) is 15.0. The zero-order valence-electron chi connectivity index (χ0n) is 17.2. The molecule has 1 N–H and O–H groups in total. The molecule has 1 heterocycles. The van der Waals surface area contributed by atoms with Gasteiger partial charge in [0, 0.05) is 31.4 Å². The van der Waals surface area contributed by atoms with Crippen LogP contribution in [-0.2, 0) is 14.3 Å². The zero-order valence-corrected chi connectivity index (χ0v) is 17.2. The van der Waals surface area contributed by atoms with E-state index in [0.717, 1.165) is 0 Å². The van der Waals surface area contributed by atoms with E-state index in [-0.39, 0.29) is 23.4 Å². The van der Waals surface area contributed by atoms with Crippen molar-refractivity contribution in [2.45, 2.75) is 12.5 Å². The molecule has 31 heavy (non-hydrogen) atoms. The van der Waals surface area contributed by atoms with Crippen molar-refractivity contribution in [1.29, 1.82) is 0 Å². The van der Waals surface area contributed by atoms with Crippen molar-refractivity contribution in [3.8, 4) is 5.75 Å². The van der Waals surface area contributed by atoms with Crippen LogP contribution < -0.4 is 4.74 Å². The van der Waals surface area contributed by atoms with Crippen molar-refractivity contribution in [3.63, 3.8) is 0 Å². The highest BCUT2D eigenvalue weighted by molar-refractivity contribution is 6.46. The summed E-state index contributed by atoms with van der Waals surface area (Å²) in [7, 11) is 1.53. The lowest BCUT2D eigenvalue weighted by Gasteiger charge is -2.25.